The number of aliphatic hydroxyl groups is 1. The lowest BCUT2D eigenvalue weighted by Crippen LogP contribution is -2.39. The van der Waals surface area contributed by atoms with E-state index < -0.39 is 6.10 Å². The van der Waals surface area contributed by atoms with E-state index in [-0.39, 0.29) is 23.8 Å². The quantitative estimate of drug-likeness (QED) is 0.884. The van der Waals surface area contributed by atoms with Crippen LogP contribution in [0.2, 0.25) is 0 Å². The van der Waals surface area contributed by atoms with Crippen molar-refractivity contribution in [1.82, 2.24) is 10.2 Å². The van der Waals surface area contributed by atoms with Crippen molar-refractivity contribution >= 4 is 11.8 Å². The number of benzene rings is 1. The van der Waals surface area contributed by atoms with Crippen LogP contribution in [0.4, 0.5) is 0 Å². The van der Waals surface area contributed by atoms with Crippen molar-refractivity contribution in [2.24, 2.45) is 5.41 Å². The first kappa shape index (κ1) is 17.2. The van der Waals surface area contributed by atoms with Gasteiger partial charge in [0.05, 0.1) is 6.10 Å². The van der Waals surface area contributed by atoms with E-state index in [2.05, 4.69) is 5.32 Å². The maximum atomic E-state index is 12.0. The van der Waals surface area contributed by atoms with Gasteiger partial charge in [0.15, 0.2) is 0 Å². The van der Waals surface area contributed by atoms with Crippen LogP contribution in [-0.2, 0) is 0 Å². The number of hydrogen-bond acceptors (Lipinski definition) is 3. The molecule has 1 unspecified atom stereocenters. The Bertz CT molecular complexity index is 501. The molecule has 0 bridgehead atoms. The largest absolute Gasteiger partial charge is 0.391 e. The molecule has 0 saturated carbocycles. The van der Waals surface area contributed by atoms with Gasteiger partial charge in [-0.1, -0.05) is 20.8 Å². The smallest absolute Gasteiger partial charge is 0.253 e. The summed E-state index contributed by atoms with van der Waals surface area (Å²) in [5, 5.41) is 12.6. The molecule has 1 aromatic carbocycles. The van der Waals surface area contributed by atoms with E-state index in [9.17, 15) is 14.7 Å². The second-order valence-corrected chi connectivity index (χ2v) is 6.37. The van der Waals surface area contributed by atoms with Gasteiger partial charge in [0.2, 0.25) is 0 Å². The Kier molecular flexibility index (Phi) is 5.49. The predicted molar refractivity (Wildman–Crippen MR) is 82.3 cm³/mol. The van der Waals surface area contributed by atoms with Crippen LogP contribution in [-0.4, -0.2) is 48.6 Å². The van der Waals surface area contributed by atoms with Gasteiger partial charge in [0.1, 0.15) is 0 Å². The first-order valence-corrected chi connectivity index (χ1v) is 6.91. The highest BCUT2D eigenvalue weighted by Gasteiger charge is 2.22. The number of carbonyl (C=O) groups is 2. The first-order valence-electron chi connectivity index (χ1n) is 6.91. The molecule has 116 valence electrons. The average Bonchev–Trinajstić information content (AvgIpc) is 2.42. The molecule has 1 atom stereocenters. The fraction of sp³-hybridized carbons (Fsp3) is 0.500. The Morgan fingerprint density at radius 3 is 2.05 bits per heavy atom. The molecule has 0 heterocycles. The van der Waals surface area contributed by atoms with Crippen LogP contribution in [0.3, 0.4) is 0 Å². The number of amides is 2. The molecule has 0 radical (unpaired) electrons. The molecule has 0 aliphatic rings. The Morgan fingerprint density at radius 2 is 1.62 bits per heavy atom. The molecule has 2 N–H and O–H groups in total. The van der Waals surface area contributed by atoms with Gasteiger partial charge in [-0.05, 0) is 29.7 Å². The Labute approximate surface area is 126 Å². The van der Waals surface area contributed by atoms with E-state index in [1.165, 1.54) is 4.90 Å². The first-order chi connectivity index (χ1) is 9.62. The van der Waals surface area contributed by atoms with Gasteiger partial charge in [-0.25, -0.2) is 0 Å². The van der Waals surface area contributed by atoms with Crippen molar-refractivity contribution < 1.29 is 14.7 Å². The maximum absolute atomic E-state index is 12.0. The molecular formula is C16H24N2O3. The molecular weight excluding hydrogens is 268 g/mol. The summed E-state index contributed by atoms with van der Waals surface area (Å²) in [6.07, 6.45) is -0.615. The lowest BCUT2D eigenvalue weighted by Gasteiger charge is -2.25. The summed E-state index contributed by atoms with van der Waals surface area (Å²) >= 11 is 0. The summed E-state index contributed by atoms with van der Waals surface area (Å²) in [5.41, 5.74) is 0.715. The molecule has 1 aromatic rings. The van der Waals surface area contributed by atoms with E-state index in [0.717, 1.165) is 0 Å². The van der Waals surface area contributed by atoms with E-state index in [0.29, 0.717) is 11.1 Å². The summed E-state index contributed by atoms with van der Waals surface area (Å²) in [7, 11) is 3.35. The number of aliphatic hydroxyl groups excluding tert-OH is 1. The van der Waals surface area contributed by atoms with E-state index >= 15 is 0 Å². The number of carbonyl (C=O) groups excluding carboxylic acids is 2. The summed E-state index contributed by atoms with van der Waals surface area (Å²) in [6.45, 7) is 5.92. The topological polar surface area (TPSA) is 69.6 Å². The molecule has 2 amide bonds. The Morgan fingerprint density at radius 1 is 1.14 bits per heavy atom. The van der Waals surface area contributed by atoms with Crippen LogP contribution in [0, 0.1) is 5.41 Å². The number of rotatable bonds is 4. The van der Waals surface area contributed by atoms with Crippen LogP contribution in [0.25, 0.3) is 0 Å². The Hall–Kier alpha value is -1.88. The Balaban J connectivity index is 2.66. The van der Waals surface area contributed by atoms with Crippen LogP contribution >= 0.6 is 0 Å². The monoisotopic (exact) mass is 292 g/mol. The van der Waals surface area contributed by atoms with E-state index in [1.807, 2.05) is 20.8 Å². The third-order valence-electron chi connectivity index (χ3n) is 3.26. The molecule has 1 rings (SSSR count). The second kappa shape index (κ2) is 6.72. The number of nitrogens with one attached hydrogen (secondary N) is 1. The van der Waals surface area contributed by atoms with Crippen LogP contribution in [0.1, 0.15) is 41.5 Å². The molecule has 0 spiro atoms. The molecule has 5 heteroatoms. The normalized spacial score (nSPS) is 12.7. The average molecular weight is 292 g/mol. The van der Waals surface area contributed by atoms with Gasteiger partial charge in [0.25, 0.3) is 11.8 Å². The van der Waals surface area contributed by atoms with Crippen LogP contribution in [0.15, 0.2) is 24.3 Å². The molecule has 5 nitrogen and oxygen atoms in total. The summed E-state index contributed by atoms with van der Waals surface area (Å²) < 4.78 is 0. The highest BCUT2D eigenvalue weighted by molar-refractivity contribution is 5.97. The van der Waals surface area contributed by atoms with Gasteiger partial charge < -0.3 is 15.3 Å². The highest BCUT2D eigenvalue weighted by atomic mass is 16.3. The van der Waals surface area contributed by atoms with Crippen LogP contribution < -0.4 is 5.32 Å². The van der Waals surface area contributed by atoms with Gasteiger partial charge in [0, 0.05) is 31.8 Å². The van der Waals surface area contributed by atoms with E-state index in [4.69, 9.17) is 0 Å². The van der Waals surface area contributed by atoms with Gasteiger partial charge in [-0.3, -0.25) is 9.59 Å². The minimum Gasteiger partial charge on any atom is -0.391 e. The number of nitrogens with zero attached hydrogens (tertiary/aromatic N) is 1. The molecule has 0 aliphatic heterocycles. The van der Waals surface area contributed by atoms with Gasteiger partial charge >= 0.3 is 0 Å². The van der Waals surface area contributed by atoms with Crippen molar-refractivity contribution in [2.75, 3.05) is 20.6 Å². The molecule has 21 heavy (non-hydrogen) atoms. The van der Waals surface area contributed by atoms with Crippen molar-refractivity contribution in [3.05, 3.63) is 35.4 Å². The zero-order valence-corrected chi connectivity index (χ0v) is 13.3. The lowest BCUT2D eigenvalue weighted by molar-refractivity contribution is 0.0587. The fourth-order valence-corrected chi connectivity index (χ4v) is 1.62. The zero-order valence-electron chi connectivity index (χ0n) is 13.3. The highest BCUT2D eigenvalue weighted by Crippen LogP contribution is 2.18. The summed E-state index contributed by atoms with van der Waals surface area (Å²) in [6, 6.07) is 6.46. The molecule has 0 fully saturated rings. The van der Waals surface area contributed by atoms with Gasteiger partial charge in [-0.2, -0.15) is 0 Å². The molecule has 0 aromatic heterocycles. The van der Waals surface area contributed by atoms with Crippen molar-refractivity contribution in [3.8, 4) is 0 Å². The lowest BCUT2D eigenvalue weighted by atomic mass is 9.89. The third kappa shape index (κ3) is 4.86. The van der Waals surface area contributed by atoms with Crippen molar-refractivity contribution in [3.63, 3.8) is 0 Å². The van der Waals surface area contributed by atoms with Crippen molar-refractivity contribution in [2.45, 2.75) is 26.9 Å². The standard InChI is InChI=1S/C16H24N2O3/c1-16(2,3)13(19)10-17-14(20)11-6-8-12(9-7-11)15(21)18(4)5/h6-9,13,19H,10H2,1-5H3,(H,17,20). The summed E-state index contributed by atoms with van der Waals surface area (Å²) in [5.74, 6) is -0.368. The number of hydrogen-bond donors (Lipinski definition) is 2. The fourth-order valence-electron chi connectivity index (χ4n) is 1.62. The predicted octanol–water partition coefficient (Wildman–Crippen LogP) is 1.53. The third-order valence-corrected chi connectivity index (χ3v) is 3.26. The minimum atomic E-state index is -0.615. The molecule has 0 aliphatic carbocycles. The maximum Gasteiger partial charge on any atom is 0.253 e. The van der Waals surface area contributed by atoms with Crippen molar-refractivity contribution in [1.29, 1.82) is 0 Å². The SMILES string of the molecule is CN(C)C(=O)c1ccc(C(=O)NCC(O)C(C)(C)C)cc1. The van der Waals surface area contributed by atoms with Gasteiger partial charge in [-0.15, -0.1) is 0 Å². The van der Waals surface area contributed by atoms with Crippen LogP contribution in [0.5, 0.6) is 0 Å². The summed E-state index contributed by atoms with van der Waals surface area (Å²) in [4.78, 5) is 25.2. The molecule has 0 saturated heterocycles. The minimum absolute atomic E-state index is 0.106. The second-order valence-electron chi connectivity index (χ2n) is 6.37. The zero-order chi connectivity index (χ0) is 16.2. The van der Waals surface area contributed by atoms with E-state index in [1.54, 1.807) is 38.4 Å².